The monoisotopic (exact) mass is 430 g/mol. The van der Waals surface area contributed by atoms with Crippen LogP contribution in [0.2, 0.25) is 18.1 Å². The zero-order valence-electron chi connectivity index (χ0n) is 19.5. The van der Waals surface area contributed by atoms with Gasteiger partial charge in [-0.2, -0.15) is 0 Å². The van der Waals surface area contributed by atoms with Crippen LogP contribution in [0, 0.1) is 0 Å². The molecule has 1 heterocycles. The fourth-order valence-corrected chi connectivity index (χ4v) is 8.18. The van der Waals surface area contributed by atoms with Crippen LogP contribution in [0.3, 0.4) is 0 Å². The lowest BCUT2D eigenvalue weighted by molar-refractivity contribution is 0.0600. The summed E-state index contributed by atoms with van der Waals surface area (Å²) in [5, 5.41) is 0. The van der Waals surface area contributed by atoms with E-state index in [0.29, 0.717) is 12.2 Å². The number of benzene rings is 1. The second-order valence-electron chi connectivity index (χ2n) is 7.84. The van der Waals surface area contributed by atoms with Crippen molar-refractivity contribution in [3.05, 3.63) is 41.9 Å². The minimum Gasteiger partial charge on any atom is -0.465 e. The molecule has 0 bridgehead atoms. The lowest BCUT2D eigenvalue weighted by Crippen LogP contribution is -2.45. The number of esters is 1. The average molecular weight is 431 g/mol. The summed E-state index contributed by atoms with van der Waals surface area (Å²) in [6.07, 6.45) is 5.10. The molecule has 1 unspecified atom stereocenters. The third kappa shape index (κ3) is 5.03. The normalized spacial score (nSPS) is 12.7. The second kappa shape index (κ2) is 11.5. The molecule has 0 amide bonds. The van der Waals surface area contributed by atoms with Crippen LogP contribution in [0.4, 0.5) is 0 Å². The second-order valence-corrected chi connectivity index (χ2v) is 13.2. The Morgan fingerprint density at radius 2 is 1.83 bits per heavy atom. The first-order valence-electron chi connectivity index (χ1n) is 11.4. The predicted molar refractivity (Wildman–Crippen MR) is 125 cm³/mol. The van der Waals surface area contributed by atoms with E-state index >= 15 is 0 Å². The van der Waals surface area contributed by atoms with Crippen molar-refractivity contribution in [1.82, 2.24) is 9.55 Å². The topological polar surface area (TPSA) is 53.3 Å². The van der Waals surface area contributed by atoms with Gasteiger partial charge in [0.1, 0.15) is 19.7 Å². The van der Waals surface area contributed by atoms with Gasteiger partial charge in [0.15, 0.2) is 0 Å². The fourth-order valence-electron chi connectivity index (χ4n) is 4.27. The van der Waals surface area contributed by atoms with E-state index in [1.807, 2.05) is 24.4 Å². The van der Waals surface area contributed by atoms with E-state index in [9.17, 15) is 4.79 Å². The molecule has 1 aromatic heterocycles. The molecule has 0 aliphatic heterocycles. The Balaban J connectivity index is 2.69. The summed E-state index contributed by atoms with van der Waals surface area (Å²) in [6, 6.07) is 11.1. The van der Waals surface area contributed by atoms with Crippen molar-refractivity contribution in [3.8, 4) is 11.3 Å². The highest BCUT2D eigenvalue weighted by atomic mass is 28.3. The summed E-state index contributed by atoms with van der Waals surface area (Å²) >= 11 is 0. The van der Waals surface area contributed by atoms with Gasteiger partial charge in [-0.3, -0.25) is 0 Å². The van der Waals surface area contributed by atoms with Crippen LogP contribution in [-0.4, -0.2) is 37.3 Å². The van der Waals surface area contributed by atoms with Crippen molar-refractivity contribution in [2.75, 3.05) is 13.7 Å². The summed E-state index contributed by atoms with van der Waals surface area (Å²) in [7, 11) is -0.327. The Hall–Kier alpha value is -1.92. The van der Waals surface area contributed by atoms with Gasteiger partial charge in [0, 0.05) is 18.6 Å². The number of carbonyl (C=O) groups excluding carboxylic acids is 1. The number of ether oxygens (including phenoxy) is 2. The highest BCUT2D eigenvalue weighted by Gasteiger charge is 2.40. The van der Waals surface area contributed by atoms with Gasteiger partial charge in [-0.1, -0.05) is 64.4 Å². The van der Waals surface area contributed by atoms with E-state index in [4.69, 9.17) is 14.5 Å². The molecular weight excluding hydrogens is 392 g/mol. The molecule has 2 aromatic rings. The van der Waals surface area contributed by atoms with Gasteiger partial charge in [0.25, 0.3) is 0 Å². The van der Waals surface area contributed by atoms with E-state index in [1.54, 1.807) is 6.07 Å². The van der Waals surface area contributed by atoms with Crippen molar-refractivity contribution < 1.29 is 14.3 Å². The van der Waals surface area contributed by atoms with Gasteiger partial charge < -0.3 is 14.0 Å². The molecule has 0 N–H and O–H groups in total. The smallest absolute Gasteiger partial charge is 0.337 e. The summed E-state index contributed by atoms with van der Waals surface area (Å²) in [5.74, 6) is 0.796. The number of carbonyl (C=O) groups is 1. The Morgan fingerprint density at radius 3 is 2.40 bits per heavy atom. The molecule has 166 valence electrons. The molecule has 30 heavy (non-hydrogen) atoms. The van der Waals surface area contributed by atoms with Crippen LogP contribution >= 0.6 is 0 Å². The molecule has 0 radical (unpaired) electrons. The first-order chi connectivity index (χ1) is 14.5. The number of unbranched alkanes of at least 4 members (excludes halogenated alkanes) is 1. The van der Waals surface area contributed by atoms with Crippen molar-refractivity contribution in [3.63, 3.8) is 0 Å². The van der Waals surface area contributed by atoms with E-state index in [2.05, 4.69) is 39.2 Å². The van der Waals surface area contributed by atoms with Gasteiger partial charge in [-0.05, 0) is 25.5 Å². The van der Waals surface area contributed by atoms with Crippen molar-refractivity contribution in [1.29, 1.82) is 0 Å². The highest BCUT2D eigenvalue weighted by molar-refractivity contribution is 6.80. The SMILES string of the molecule is CCCCc1ncc(-c2cccc(C(=O)OC)c2)n1C(OCC)[Si](CC)(CC)CC. The quantitative estimate of drug-likeness (QED) is 0.294. The Bertz CT molecular complexity index is 806. The number of nitrogens with zero attached hydrogens (tertiary/aromatic N) is 2. The van der Waals surface area contributed by atoms with E-state index in [-0.39, 0.29) is 11.8 Å². The third-order valence-corrected chi connectivity index (χ3v) is 12.1. The van der Waals surface area contributed by atoms with Crippen LogP contribution in [0.15, 0.2) is 30.5 Å². The zero-order valence-corrected chi connectivity index (χ0v) is 20.5. The van der Waals surface area contributed by atoms with Crippen LogP contribution in [0.25, 0.3) is 11.3 Å². The van der Waals surface area contributed by atoms with Crippen LogP contribution in [-0.2, 0) is 15.9 Å². The minimum absolute atomic E-state index is 0.0358. The number of hydrogen-bond donors (Lipinski definition) is 0. The first kappa shape index (κ1) is 24.3. The Kier molecular flexibility index (Phi) is 9.30. The Morgan fingerprint density at radius 1 is 1.13 bits per heavy atom. The van der Waals surface area contributed by atoms with E-state index in [0.717, 1.165) is 54.5 Å². The molecule has 0 saturated heterocycles. The molecule has 0 fully saturated rings. The minimum atomic E-state index is -1.74. The maximum atomic E-state index is 12.1. The number of hydrogen-bond acceptors (Lipinski definition) is 4. The highest BCUT2D eigenvalue weighted by Crippen LogP contribution is 2.38. The first-order valence-corrected chi connectivity index (χ1v) is 14.1. The largest absolute Gasteiger partial charge is 0.465 e. The molecule has 0 spiro atoms. The maximum absolute atomic E-state index is 12.1. The number of aryl methyl sites for hydroxylation is 1. The van der Waals surface area contributed by atoms with E-state index in [1.165, 1.54) is 7.11 Å². The molecule has 5 nitrogen and oxygen atoms in total. The zero-order chi connectivity index (χ0) is 22.1. The van der Waals surface area contributed by atoms with Crippen molar-refractivity contribution in [2.45, 2.75) is 77.9 Å². The van der Waals surface area contributed by atoms with Crippen LogP contribution in [0.5, 0.6) is 0 Å². The van der Waals surface area contributed by atoms with Gasteiger partial charge in [0.05, 0.1) is 24.6 Å². The van der Waals surface area contributed by atoms with Gasteiger partial charge in [0.2, 0.25) is 0 Å². The summed E-state index contributed by atoms with van der Waals surface area (Å²) in [5.41, 5.74) is 2.55. The van der Waals surface area contributed by atoms with Gasteiger partial charge in [-0.15, -0.1) is 0 Å². The molecule has 2 rings (SSSR count). The number of methoxy groups -OCH3 is 1. The van der Waals surface area contributed by atoms with Crippen LogP contribution < -0.4 is 0 Å². The summed E-state index contributed by atoms with van der Waals surface area (Å²) in [6.45, 7) is 11.9. The molecule has 1 atom stereocenters. The number of aromatic nitrogens is 2. The fraction of sp³-hybridized carbons (Fsp3) is 0.583. The number of rotatable bonds is 12. The number of imidazole rings is 1. The lowest BCUT2D eigenvalue weighted by Gasteiger charge is -2.39. The molecular formula is C24H38N2O3Si. The molecule has 6 heteroatoms. The maximum Gasteiger partial charge on any atom is 0.337 e. The molecule has 0 aliphatic rings. The third-order valence-electron chi connectivity index (χ3n) is 6.40. The van der Waals surface area contributed by atoms with Crippen LogP contribution in [0.1, 0.15) is 69.5 Å². The average Bonchev–Trinajstić information content (AvgIpc) is 3.21. The van der Waals surface area contributed by atoms with Gasteiger partial charge >= 0.3 is 5.97 Å². The Labute approximate surface area is 182 Å². The predicted octanol–water partition coefficient (Wildman–Crippen LogP) is 6.26. The van der Waals surface area contributed by atoms with Gasteiger partial charge in [-0.25, -0.2) is 9.78 Å². The standard InChI is InChI=1S/C24H38N2O3Si/c1-7-12-16-22-25-18-21(19-14-13-15-20(17-19)23(27)28-6)26(22)24(29-8-2)30(9-3,10-4)11-5/h13-15,17-18,24H,7-12,16H2,1-6H3. The molecule has 0 aliphatic carbocycles. The summed E-state index contributed by atoms with van der Waals surface area (Å²) < 4.78 is 13.8. The molecule has 1 aromatic carbocycles. The van der Waals surface area contributed by atoms with Crippen molar-refractivity contribution >= 4 is 14.0 Å². The molecule has 0 saturated carbocycles. The van der Waals surface area contributed by atoms with E-state index < -0.39 is 8.07 Å². The summed E-state index contributed by atoms with van der Waals surface area (Å²) in [4.78, 5) is 16.9. The lowest BCUT2D eigenvalue weighted by atomic mass is 10.1. The van der Waals surface area contributed by atoms with Crippen molar-refractivity contribution in [2.24, 2.45) is 0 Å².